The Morgan fingerprint density at radius 2 is 1.67 bits per heavy atom. The molecule has 0 aromatic heterocycles. The Hall–Kier alpha value is -0.0400. The third kappa shape index (κ3) is 6.94. The lowest BCUT2D eigenvalue weighted by Gasteiger charge is -2.27. The van der Waals surface area contributed by atoms with Gasteiger partial charge in [-0.2, -0.15) is 0 Å². The molecule has 1 nitrogen and oxygen atoms in total. The summed E-state index contributed by atoms with van der Waals surface area (Å²) in [5.41, 5.74) is 0. The number of nitrogens with one attached hydrogen (secondary N) is 1. The molecule has 1 atom stereocenters. The van der Waals surface area contributed by atoms with Crippen LogP contribution in [0.25, 0.3) is 0 Å². The highest BCUT2D eigenvalue weighted by Gasteiger charge is 2.15. The summed E-state index contributed by atoms with van der Waals surface area (Å²) in [6.07, 6.45) is 11.2. The molecule has 1 rings (SSSR count). The van der Waals surface area contributed by atoms with Crippen LogP contribution in [0.2, 0.25) is 0 Å². The van der Waals surface area contributed by atoms with Crippen molar-refractivity contribution in [1.82, 2.24) is 5.32 Å². The molecule has 0 bridgehead atoms. The average molecular weight is 213 g/mol. The van der Waals surface area contributed by atoms with Crippen LogP contribution in [0.4, 0.5) is 0 Å². The monoisotopic (exact) mass is 213 g/mol. The summed E-state index contributed by atoms with van der Waals surface area (Å²) in [5.74, 6) is 0. The Labute approximate surface area is 97.0 Å². The van der Waals surface area contributed by atoms with Gasteiger partial charge in [-0.05, 0) is 25.7 Å². The topological polar surface area (TPSA) is 12.0 Å². The van der Waals surface area contributed by atoms with Crippen LogP contribution in [0.3, 0.4) is 0 Å². The van der Waals surface area contributed by atoms with E-state index in [-0.39, 0.29) is 0 Å². The van der Waals surface area contributed by atoms with Crippen molar-refractivity contribution in [1.29, 1.82) is 0 Å². The maximum atomic E-state index is 3.81. The van der Waals surface area contributed by atoms with Gasteiger partial charge >= 0.3 is 0 Å². The smallest absolute Gasteiger partial charge is 0.00696 e. The summed E-state index contributed by atoms with van der Waals surface area (Å²) in [6, 6.07) is 1.62. The molecule has 1 unspecified atom stereocenters. The lowest BCUT2D eigenvalue weighted by molar-refractivity contribution is 0.321. The molecule has 1 N–H and O–H groups in total. The van der Waals surface area contributed by atoms with Crippen LogP contribution in [0.1, 0.15) is 79.1 Å². The molecule has 0 aliphatic heterocycles. The lowest BCUT2D eigenvalue weighted by Crippen LogP contribution is -2.39. The molecule has 1 aliphatic rings. The van der Waals surface area contributed by atoms with Gasteiger partial charge < -0.3 is 5.32 Å². The highest BCUT2D eigenvalue weighted by atomic mass is 14.9. The van der Waals surface area contributed by atoms with Gasteiger partial charge in [0, 0.05) is 12.1 Å². The summed E-state index contributed by atoms with van der Waals surface area (Å²) < 4.78 is 0. The highest BCUT2D eigenvalue weighted by molar-refractivity contribution is 4.76. The summed E-state index contributed by atoms with van der Waals surface area (Å²) >= 11 is 0. The van der Waals surface area contributed by atoms with Crippen LogP contribution in [-0.4, -0.2) is 12.1 Å². The third-order valence-electron chi connectivity index (χ3n) is 3.21. The van der Waals surface area contributed by atoms with E-state index in [0.717, 1.165) is 12.1 Å². The van der Waals surface area contributed by atoms with Crippen molar-refractivity contribution >= 4 is 0 Å². The maximum Gasteiger partial charge on any atom is 0.00696 e. The number of hydrogen-bond acceptors (Lipinski definition) is 1. The Kier molecular flexibility index (Phi) is 10.4. The van der Waals surface area contributed by atoms with Gasteiger partial charge in [-0.15, -0.1) is 0 Å². The van der Waals surface area contributed by atoms with Gasteiger partial charge in [0.2, 0.25) is 0 Å². The van der Waals surface area contributed by atoms with Gasteiger partial charge in [0.1, 0.15) is 0 Å². The van der Waals surface area contributed by atoms with Gasteiger partial charge in [0.25, 0.3) is 0 Å². The maximum absolute atomic E-state index is 3.81. The molecule has 0 aromatic rings. The molecule has 0 saturated heterocycles. The molecule has 1 heteroatoms. The van der Waals surface area contributed by atoms with E-state index < -0.39 is 0 Å². The number of hydrogen-bond donors (Lipinski definition) is 1. The van der Waals surface area contributed by atoms with Gasteiger partial charge in [0.05, 0.1) is 0 Å². The zero-order chi connectivity index (χ0) is 11.5. The SMILES string of the molecule is CC.CCCC(CC)NC1CCCCC1. The first kappa shape index (κ1) is 15.0. The zero-order valence-electron chi connectivity index (χ0n) is 11.3. The van der Waals surface area contributed by atoms with Crippen LogP contribution in [0.5, 0.6) is 0 Å². The Morgan fingerprint density at radius 1 is 1.07 bits per heavy atom. The van der Waals surface area contributed by atoms with E-state index in [1.54, 1.807) is 0 Å². The van der Waals surface area contributed by atoms with Crippen LogP contribution in [0, 0.1) is 0 Å². The molecule has 15 heavy (non-hydrogen) atoms. The van der Waals surface area contributed by atoms with E-state index in [9.17, 15) is 0 Å². The molecule has 92 valence electrons. The van der Waals surface area contributed by atoms with Crippen molar-refractivity contribution in [3.63, 3.8) is 0 Å². The molecule has 0 amide bonds. The molecule has 1 fully saturated rings. The van der Waals surface area contributed by atoms with Gasteiger partial charge in [0.15, 0.2) is 0 Å². The lowest BCUT2D eigenvalue weighted by atomic mass is 9.94. The molecule has 1 saturated carbocycles. The van der Waals surface area contributed by atoms with Crippen molar-refractivity contribution in [2.24, 2.45) is 0 Å². The summed E-state index contributed by atoms with van der Waals surface area (Å²) in [6.45, 7) is 8.58. The molecular formula is C14H31N. The van der Waals surface area contributed by atoms with Crippen molar-refractivity contribution < 1.29 is 0 Å². The zero-order valence-corrected chi connectivity index (χ0v) is 11.3. The predicted molar refractivity (Wildman–Crippen MR) is 70.3 cm³/mol. The van der Waals surface area contributed by atoms with Gasteiger partial charge in [-0.1, -0.05) is 53.4 Å². The third-order valence-corrected chi connectivity index (χ3v) is 3.21. The molecule has 0 aromatic carbocycles. The van der Waals surface area contributed by atoms with Gasteiger partial charge in [-0.3, -0.25) is 0 Å². The fourth-order valence-corrected chi connectivity index (χ4v) is 2.36. The Morgan fingerprint density at radius 3 is 2.13 bits per heavy atom. The fraction of sp³-hybridized carbons (Fsp3) is 1.00. The van der Waals surface area contributed by atoms with Gasteiger partial charge in [-0.25, -0.2) is 0 Å². The average Bonchev–Trinajstić information content (AvgIpc) is 2.32. The first-order valence-electron chi connectivity index (χ1n) is 7.12. The first-order chi connectivity index (χ1) is 7.36. The van der Waals surface area contributed by atoms with Crippen LogP contribution < -0.4 is 5.32 Å². The molecule has 0 radical (unpaired) electrons. The van der Waals surface area contributed by atoms with E-state index in [1.165, 1.54) is 51.4 Å². The minimum Gasteiger partial charge on any atom is -0.311 e. The fourth-order valence-electron chi connectivity index (χ4n) is 2.36. The first-order valence-corrected chi connectivity index (χ1v) is 7.12. The van der Waals surface area contributed by atoms with Crippen LogP contribution in [0.15, 0.2) is 0 Å². The number of rotatable bonds is 5. The van der Waals surface area contributed by atoms with E-state index >= 15 is 0 Å². The second-order valence-corrected chi connectivity index (χ2v) is 4.40. The minimum absolute atomic E-state index is 0.785. The van der Waals surface area contributed by atoms with E-state index in [2.05, 4.69) is 19.2 Å². The Bertz CT molecular complexity index is 114. The minimum atomic E-state index is 0.785. The van der Waals surface area contributed by atoms with Crippen molar-refractivity contribution in [3.05, 3.63) is 0 Å². The summed E-state index contributed by atoms with van der Waals surface area (Å²) in [5, 5.41) is 3.81. The molecule has 1 aliphatic carbocycles. The van der Waals surface area contributed by atoms with E-state index in [1.807, 2.05) is 13.8 Å². The quantitative estimate of drug-likeness (QED) is 0.708. The normalized spacial score (nSPS) is 19.2. The second kappa shape index (κ2) is 10.5. The second-order valence-electron chi connectivity index (χ2n) is 4.40. The summed E-state index contributed by atoms with van der Waals surface area (Å²) in [7, 11) is 0. The summed E-state index contributed by atoms with van der Waals surface area (Å²) in [4.78, 5) is 0. The van der Waals surface area contributed by atoms with Crippen molar-refractivity contribution in [3.8, 4) is 0 Å². The largest absolute Gasteiger partial charge is 0.311 e. The highest BCUT2D eigenvalue weighted by Crippen LogP contribution is 2.18. The molecule has 0 heterocycles. The van der Waals surface area contributed by atoms with Crippen LogP contribution in [-0.2, 0) is 0 Å². The van der Waals surface area contributed by atoms with Crippen LogP contribution >= 0.6 is 0 Å². The van der Waals surface area contributed by atoms with Crippen molar-refractivity contribution in [2.75, 3.05) is 0 Å². The van der Waals surface area contributed by atoms with E-state index in [0.29, 0.717) is 0 Å². The molecular weight excluding hydrogens is 182 g/mol. The van der Waals surface area contributed by atoms with E-state index in [4.69, 9.17) is 0 Å². The van der Waals surface area contributed by atoms with Crippen molar-refractivity contribution in [2.45, 2.75) is 91.1 Å². The standard InChI is InChI=1S/C12H25N.C2H6/c1-3-8-11(4-2)13-12-9-6-5-7-10-12;1-2/h11-13H,3-10H2,1-2H3;1-2H3. The Balaban J connectivity index is 0.000000921. The predicted octanol–water partition coefficient (Wildman–Crippen LogP) is 4.51. The molecule has 0 spiro atoms.